The molecule has 4 rings (SSSR count). The minimum Gasteiger partial charge on any atom is -0.342 e. The first kappa shape index (κ1) is 18.9. The summed E-state index contributed by atoms with van der Waals surface area (Å²) in [7, 11) is 0. The molecule has 1 fully saturated rings. The molecule has 148 valence electrons. The van der Waals surface area contributed by atoms with Crippen LogP contribution < -0.4 is 5.32 Å². The van der Waals surface area contributed by atoms with Gasteiger partial charge in [-0.15, -0.1) is 11.3 Å². The molecule has 4 heterocycles. The lowest BCUT2D eigenvalue weighted by Gasteiger charge is -2.28. The molecule has 9 heteroatoms. The van der Waals surface area contributed by atoms with Gasteiger partial charge in [-0.1, -0.05) is 12.8 Å². The third-order valence-electron chi connectivity index (χ3n) is 5.14. The highest BCUT2D eigenvalue weighted by atomic mass is 32.1. The fourth-order valence-corrected chi connectivity index (χ4v) is 4.67. The maximum atomic E-state index is 12.6. The van der Waals surface area contributed by atoms with Gasteiger partial charge in [0.05, 0.1) is 18.4 Å². The van der Waals surface area contributed by atoms with Gasteiger partial charge in [0, 0.05) is 49.9 Å². The molecule has 0 unspecified atom stereocenters. The predicted molar refractivity (Wildman–Crippen MR) is 106 cm³/mol. The van der Waals surface area contributed by atoms with E-state index in [4.69, 9.17) is 0 Å². The number of hydrogen-bond donors (Lipinski definition) is 1. The van der Waals surface area contributed by atoms with Crippen LogP contribution >= 0.6 is 11.3 Å². The number of fused-ring (bicyclic) bond motifs is 1. The first-order chi connectivity index (χ1) is 13.7. The van der Waals surface area contributed by atoms with E-state index in [0.29, 0.717) is 18.2 Å². The highest BCUT2D eigenvalue weighted by Crippen LogP contribution is 2.28. The van der Waals surface area contributed by atoms with Gasteiger partial charge in [0.1, 0.15) is 5.69 Å². The van der Waals surface area contributed by atoms with Crippen LogP contribution in [-0.2, 0) is 17.8 Å². The molecule has 0 aromatic carbocycles. The predicted octanol–water partition coefficient (Wildman–Crippen LogP) is 1.95. The fraction of sp³-hybridized carbons (Fsp3) is 0.526. The molecule has 1 N–H and O–H groups in total. The van der Waals surface area contributed by atoms with Crippen LogP contribution in [0.2, 0.25) is 0 Å². The lowest BCUT2D eigenvalue weighted by atomic mass is 10.2. The summed E-state index contributed by atoms with van der Waals surface area (Å²) < 4.78 is 0. The Labute approximate surface area is 168 Å². The van der Waals surface area contributed by atoms with E-state index in [1.165, 1.54) is 42.8 Å². The summed E-state index contributed by atoms with van der Waals surface area (Å²) in [6.45, 7) is 3.74. The Morgan fingerprint density at radius 2 is 1.93 bits per heavy atom. The number of carbonyl (C=O) groups is 2. The van der Waals surface area contributed by atoms with Crippen LogP contribution in [0.25, 0.3) is 0 Å². The van der Waals surface area contributed by atoms with Crippen molar-refractivity contribution in [2.24, 2.45) is 0 Å². The Morgan fingerprint density at radius 1 is 1.11 bits per heavy atom. The minimum absolute atomic E-state index is 0.228. The van der Waals surface area contributed by atoms with Crippen LogP contribution in [0.1, 0.15) is 46.7 Å². The Balaban J connectivity index is 1.35. The molecule has 0 radical (unpaired) electrons. The largest absolute Gasteiger partial charge is 0.342 e. The molecular formula is C19H24N6O2S. The molecule has 0 aliphatic carbocycles. The first-order valence-corrected chi connectivity index (χ1v) is 10.6. The lowest BCUT2D eigenvalue weighted by molar-refractivity contribution is -0.132. The Morgan fingerprint density at radius 3 is 2.68 bits per heavy atom. The second-order valence-corrected chi connectivity index (χ2v) is 8.27. The third kappa shape index (κ3) is 4.53. The van der Waals surface area contributed by atoms with Gasteiger partial charge < -0.3 is 4.90 Å². The second-order valence-electron chi connectivity index (χ2n) is 7.19. The normalized spacial score (nSPS) is 17.6. The SMILES string of the molecule is O=C(Nc1nc2c(s1)CN(CC(=O)N1CCCCCC1)CC2)c1cnccn1. The van der Waals surface area contributed by atoms with E-state index in [1.807, 2.05) is 4.90 Å². The van der Waals surface area contributed by atoms with Gasteiger partial charge >= 0.3 is 0 Å². The summed E-state index contributed by atoms with van der Waals surface area (Å²) in [5.41, 5.74) is 1.28. The summed E-state index contributed by atoms with van der Waals surface area (Å²) in [5.74, 6) is -0.0848. The van der Waals surface area contributed by atoms with Gasteiger partial charge in [-0.05, 0) is 12.8 Å². The summed E-state index contributed by atoms with van der Waals surface area (Å²) in [6, 6.07) is 0. The number of rotatable bonds is 4. The molecule has 8 nitrogen and oxygen atoms in total. The van der Waals surface area contributed by atoms with Gasteiger partial charge in [-0.2, -0.15) is 0 Å². The van der Waals surface area contributed by atoms with Crippen LogP contribution in [0.4, 0.5) is 5.13 Å². The summed E-state index contributed by atoms with van der Waals surface area (Å²) >= 11 is 1.47. The van der Waals surface area contributed by atoms with Crippen molar-refractivity contribution in [2.45, 2.75) is 38.6 Å². The molecule has 28 heavy (non-hydrogen) atoms. The standard InChI is InChI=1S/C19H24N6O2S/c26-17(25-8-3-1-2-4-9-25)13-24-10-5-14-16(12-24)28-19(22-14)23-18(27)15-11-20-6-7-21-15/h6-7,11H,1-5,8-10,12-13H2,(H,22,23,27). The number of likely N-dealkylation sites (tertiary alicyclic amines) is 1. The smallest absolute Gasteiger partial charge is 0.277 e. The number of amides is 2. The highest BCUT2D eigenvalue weighted by molar-refractivity contribution is 7.15. The van der Waals surface area contributed by atoms with Crippen LogP contribution in [0, 0.1) is 0 Å². The lowest BCUT2D eigenvalue weighted by Crippen LogP contribution is -2.42. The fourth-order valence-electron chi connectivity index (χ4n) is 3.63. The van der Waals surface area contributed by atoms with Crippen molar-refractivity contribution in [1.29, 1.82) is 0 Å². The molecule has 1 saturated heterocycles. The molecule has 2 aliphatic rings. The molecule has 2 amide bonds. The van der Waals surface area contributed by atoms with Crippen molar-refractivity contribution in [3.05, 3.63) is 34.9 Å². The Kier molecular flexibility index (Phi) is 5.92. The second kappa shape index (κ2) is 8.74. The van der Waals surface area contributed by atoms with E-state index in [2.05, 4.69) is 25.2 Å². The topological polar surface area (TPSA) is 91.3 Å². The minimum atomic E-state index is -0.313. The van der Waals surface area contributed by atoms with E-state index in [-0.39, 0.29) is 17.5 Å². The van der Waals surface area contributed by atoms with Crippen LogP contribution in [0.5, 0.6) is 0 Å². The van der Waals surface area contributed by atoms with Gasteiger partial charge in [-0.3, -0.25) is 24.8 Å². The zero-order chi connectivity index (χ0) is 19.3. The molecule has 2 aromatic heterocycles. The van der Waals surface area contributed by atoms with Crippen molar-refractivity contribution in [2.75, 3.05) is 31.5 Å². The van der Waals surface area contributed by atoms with E-state index >= 15 is 0 Å². The molecule has 0 saturated carbocycles. The van der Waals surface area contributed by atoms with Gasteiger partial charge in [0.15, 0.2) is 5.13 Å². The zero-order valence-corrected chi connectivity index (χ0v) is 16.6. The molecule has 2 aromatic rings. The third-order valence-corrected chi connectivity index (χ3v) is 6.14. The maximum Gasteiger partial charge on any atom is 0.277 e. The van der Waals surface area contributed by atoms with Gasteiger partial charge in [0.25, 0.3) is 5.91 Å². The van der Waals surface area contributed by atoms with Crippen LogP contribution in [0.3, 0.4) is 0 Å². The number of carbonyl (C=O) groups excluding carboxylic acids is 2. The van der Waals surface area contributed by atoms with Crippen LogP contribution in [0.15, 0.2) is 18.6 Å². The van der Waals surface area contributed by atoms with E-state index in [1.54, 1.807) is 0 Å². The van der Waals surface area contributed by atoms with E-state index in [0.717, 1.165) is 49.5 Å². The molecule has 0 spiro atoms. The Hall–Kier alpha value is -2.39. The number of nitrogens with zero attached hydrogens (tertiary/aromatic N) is 5. The molecular weight excluding hydrogens is 376 g/mol. The number of hydrogen-bond acceptors (Lipinski definition) is 7. The van der Waals surface area contributed by atoms with Crippen molar-refractivity contribution in [3.8, 4) is 0 Å². The van der Waals surface area contributed by atoms with Crippen molar-refractivity contribution in [3.63, 3.8) is 0 Å². The van der Waals surface area contributed by atoms with Crippen molar-refractivity contribution >= 4 is 28.3 Å². The number of nitrogens with one attached hydrogen (secondary N) is 1. The molecule has 2 aliphatic heterocycles. The first-order valence-electron chi connectivity index (χ1n) is 9.75. The maximum absolute atomic E-state index is 12.6. The average molecular weight is 401 g/mol. The van der Waals surface area contributed by atoms with E-state index in [9.17, 15) is 9.59 Å². The molecule has 0 bridgehead atoms. The number of anilines is 1. The molecule has 0 atom stereocenters. The summed E-state index contributed by atoms with van der Waals surface area (Å²) in [5, 5.41) is 3.37. The monoisotopic (exact) mass is 400 g/mol. The average Bonchev–Trinajstić information content (AvgIpc) is 2.91. The van der Waals surface area contributed by atoms with Crippen molar-refractivity contribution in [1.82, 2.24) is 24.8 Å². The summed E-state index contributed by atoms with van der Waals surface area (Å²) in [4.78, 5) is 42.7. The Bertz CT molecular complexity index is 832. The van der Waals surface area contributed by atoms with Crippen LogP contribution in [-0.4, -0.2) is 62.7 Å². The van der Waals surface area contributed by atoms with Gasteiger partial charge in [0.2, 0.25) is 5.91 Å². The quantitative estimate of drug-likeness (QED) is 0.843. The van der Waals surface area contributed by atoms with Crippen molar-refractivity contribution < 1.29 is 9.59 Å². The highest BCUT2D eigenvalue weighted by Gasteiger charge is 2.25. The van der Waals surface area contributed by atoms with E-state index < -0.39 is 0 Å². The zero-order valence-electron chi connectivity index (χ0n) is 15.8. The summed E-state index contributed by atoms with van der Waals surface area (Å²) in [6.07, 6.45) is 9.90. The number of thiazole rings is 1. The number of aromatic nitrogens is 3. The van der Waals surface area contributed by atoms with Gasteiger partial charge in [-0.25, -0.2) is 9.97 Å².